The van der Waals surface area contributed by atoms with Gasteiger partial charge in [-0.25, -0.2) is 4.98 Å². The van der Waals surface area contributed by atoms with E-state index in [9.17, 15) is 9.59 Å². The molecule has 1 saturated heterocycles. The summed E-state index contributed by atoms with van der Waals surface area (Å²) in [6.45, 7) is 5.98. The molecule has 0 aromatic carbocycles. The van der Waals surface area contributed by atoms with Crippen LogP contribution < -0.4 is 5.56 Å². The van der Waals surface area contributed by atoms with E-state index in [1.165, 1.54) is 22.2 Å². The second-order valence-electron chi connectivity index (χ2n) is 6.06. The molecule has 0 radical (unpaired) electrons. The van der Waals surface area contributed by atoms with Crippen LogP contribution >= 0.6 is 11.3 Å². The number of piperidine rings is 1. The van der Waals surface area contributed by atoms with Crippen LogP contribution in [0.1, 0.15) is 20.3 Å². The first kappa shape index (κ1) is 14.3. The molecule has 0 N–H and O–H groups in total. The third-order valence-corrected chi connectivity index (χ3v) is 4.80. The number of nitrogens with zero attached hydrogens (tertiary/aromatic N) is 3. The Balaban J connectivity index is 1.80. The minimum Gasteiger partial charge on any atom is -0.341 e. The van der Waals surface area contributed by atoms with E-state index in [1.54, 1.807) is 6.07 Å². The van der Waals surface area contributed by atoms with Crippen molar-refractivity contribution in [2.75, 3.05) is 13.1 Å². The molecular weight excluding hydrogens is 286 g/mol. The summed E-state index contributed by atoms with van der Waals surface area (Å²) in [7, 11) is 0. The topological polar surface area (TPSA) is 55.2 Å². The predicted molar refractivity (Wildman–Crippen MR) is 83.4 cm³/mol. The van der Waals surface area contributed by atoms with Gasteiger partial charge in [-0.2, -0.15) is 0 Å². The summed E-state index contributed by atoms with van der Waals surface area (Å²) < 4.78 is 1.42. The fraction of sp³-hybridized carbons (Fsp3) is 0.533. The van der Waals surface area contributed by atoms with Gasteiger partial charge in [0.1, 0.15) is 11.4 Å². The first-order chi connectivity index (χ1) is 10.0. The number of fused-ring (bicyclic) bond motifs is 1. The van der Waals surface area contributed by atoms with Gasteiger partial charge in [0.2, 0.25) is 5.91 Å². The van der Waals surface area contributed by atoms with E-state index in [-0.39, 0.29) is 18.0 Å². The number of hydrogen-bond donors (Lipinski definition) is 0. The number of rotatable bonds is 2. The molecule has 6 heteroatoms. The fourth-order valence-electron chi connectivity index (χ4n) is 3.12. The Morgan fingerprint density at radius 2 is 2.10 bits per heavy atom. The Labute approximate surface area is 127 Å². The third-order valence-electron chi connectivity index (χ3n) is 3.98. The van der Waals surface area contributed by atoms with E-state index in [0.29, 0.717) is 17.2 Å². The Hall–Kier alpha value is -1.69. The SMILES string of the molecule is CC1CC(C)CN(C(=O)Cn2cnc3sccc3c2=O)C1. The lowest BCUT2D eigenvalue weighted by Crippen LogP contribution is -2.44. The van der Waals surface area contributed by atoms with Crippen molar-refractivity contribution in [3.63, 3.8) is 0 Å². The van der Waals surface area contributed by atoms with Crippen molar-refractivity contribution in [2.45, 2.75) is 26.8 Å². The van der Waals surface area contributed by atoms with Crippen LogP contribution in [0.25, 0.3) is 10.2 Å². The van der Waals surface area contributed by atoms with Crippen molar-refractivity contribution in [2.24, 2.45) is 11.8 Å². The molecule has 2 aromatic rings. The van der Waals surface area contributed by atoms with Crippen molar-refractivity contribution in [1.82, 2.24) is 14.5 Å². The number of carbonyl (C=O) groups is 1. The third kappa shape index (κ3) is 2.85. The van der Waals surface area contributed by atoms with Crippen molar-refractivity contribution in [3.05, 3.63) is 28.1 Å². The van der Waals surface area contributed by atoms with Gasteiger partial charge >= 0.3 is 0 Å². The average molecular weight is 305 g/mol. The summed E-state index contributed by atoms with van der Waals surface area (Å²) in [5.41, 5.74) is -0.132. The average Bonchev–Trinajstić information content (AvgIpc) is 2.90. The van der Waals surface area contributed by atoms with Crippen LogP contribution in [0.2, 0.25) is 0 Å². The molecule has 2 atom stereocenters. The Kier molecular flexibility index (Phi) is 3.80. The summed E-state index contributed by atoms with van der Waals surface area (Å²) in [6, 6.07) is 1.77. The normalized spacial score (nSPS) is 22.7. The van der Waals surface area contributed by atoms with E-state index < -0.39 is 0 Å². The van der Waals surface area contributed by atoms with E-state index in [4.69, 9.17) is 0 Å². The zero-order valence-electron chi connectivity index (χ0n) is 12.3. The molecule has 0 aliphatic carbocycles. The first-order valence-corrected chi connectivity index (χ1v) is 8.13. The van der Waals surface area contributed by atoms with Gasteiger partial charge < -0.3 is 4.90 Å². The molecule has 1 amide bonds. The molecule has 0 spiro atoms. The highest BCUT2D eigenvalue weighted by Crippen LogP contribution is 2.21. The summed E-state index contributed by atoms with van der Waals surface area (Å²) in [6.07, 6.45) is 2.64. The molecule has 0 saturated carbocycles. The highest BCUT2D eigenvalue weighted by Gasteiger charge is 2.25. The van der Waals surface area contributed by atoms with Crippen LogP contribution in [-0.4, -0.2) is 33.4 Å². The molecule has 3 rings (SSSR count). The van der Waals surface area contributed by atoms with Crippen LogP contribution in [-0.2, 0) is 11.3 Å². The second kappa shape index (κ2) is 5.60. The molecule has 21 heavy (non-hydrogen) atoms. The molecule has 5 nitrogen and oxygen atoms in total. The summed E-state index contributed by atoms with van der Waals surface area (Å²) >= 11 is 1.44. The van der Waals surface area contributed by atoms with Crippen molar-refractivity contribution >= 4 is 27.5 Å². The largest absolute Gasteiger partial charge is 0.341 e. The molecule has 1 fully saturated rings. The van der Waals surface area contributed by atoms with Crippen molar-refractivity contribution < 1.29 is 4.79 Å². The van der Waals surface area contributed by atoms with Gasteiger partial charge in [0.05, 0.1) is 11.7 Å². The van der Waals surface area contributed by atoms with E-state index in [1.807, 2.05) is 10.3 Å². The zero-order chi connectivity index (χ0) is 15.0. The number of likely N-dealkylation sites (tertiary alicyclic amines) is 1. The van der Waals surface area contributed by atoms with Crippen LogP contribution in [0.4, 0.5) is 0 Å². The first-order valence-electron chi connectivity index (χ1n) is 7.25. The van der Waals surface area contributed by atoms with Gasteiger partial charge in [0.15, 0.2) is 0 Å². The maximum Gasteiger partial charge on any atom is 0.262 e. The number of carbonyl (C=O) groups excluding carboxylic acids is 1. The standard InChI is InChI=1S/C15H19N3O2S/c1-10-5-11(2)7-17(6-10)13(19)8-18-9-16-14-12(15(18)20)3-4-21-14/h3-4,9-11H,5-8H2,1-2H3. The molecule has 0 bridgehead atoms. The lowest BCUT2D eigenvalue weighted by atomic mass is 9.92. The van der Waals surface area contributed by atoms with E-state index >= 15 is 0 Å². The predicted octanol–water partition coefficient (Wildman–Crippen LogP) is 1.96. The highest BCUT2D eigenvalue weighted by atomic mass is 32.1. The smallest absolute Gasteiger partial charge is 0.262 e. The Bertz CT molecular complexity index is 711. The quantitative estimate of drug-likeness (QED) is 0.852. The number of thiophene rings is 1. The molecular formula is C15H19N3O2S. The monoisotopic (exact) mass is 305 g/mol. The van der Waals surface area contributed by atoms with Crippen LogP contribution in [0.5, 0.6) is 0 Å². The van der Waals surface area contributed by atoms with Crippen LogP contribution in [0.15, 0.2) is 22.6 Å². The van der Waals surface area contributed by atoms with E-state index in [0.717, 1.165) is 24.3 Å². The lowest BCUT2D eigenvalue weighted by molar-refractivity contribution is -0.134. The van der Waals surface area contributed by atoms with Gasteiger partial charge in [0, 0.05) is 13.1 Å². The molecule has 1 aliphatic heterocycles. The van der Waals surface area contributed by atoms with Gasteiger partial charge in [-0.05, 0) is 29.7 Å². The fourth-order valence-corrected chi connectivity index (χ4v) is 3.84. The van der Waals surface area contributed by atoms with Gasteiger partial charge in [-0.1, -0.05) is 13.8 Å². The maximum absolute atomic E-state index is 12.4. The second-order valence-corrected chi connectivity index (χ2v) is 6.96. The summed E-state index contributed by atoms with van der Waals surface area (Å²) in [5.74, 6) is 1.05. The molecule has 2 unspecified atom stereocenters. The van der Waals surface area contributed by atoms with Crippen molar-refractivity contribution in [1.29, 1.82) is 0 Å². The summed E-state index contributed by atoms with van der Waals surface area (Å²) in [4.78, 5) is 31.6. The Morgan fingerprint density at radius 1 is 1.38 bits per heavy atom. The number of amides is 1. The highest BCUT2D eigenvalue weighted by molar-refractivity contribution is 7.16. The summed E-state index contributed by atoms with van der Waals surface area (Å²) in [5, 5.41) is 2.44. The minimum atomic E-state index is -0.132. The maximum atomic E-state index is 12.4. The molecule has 3 heterocycles. The van der Waals surface area contributed by atoms with Gasteiger partial charge in [0.25, 0.3) is 5.56 Å². The van der Waals surface area contributed by atoms with Gasteiger partial charge in [-0.3, -0.25) is 14.2 Å². The van der Waals surface area contributed by atoms with Crippen molar-refractivity contribution in [3.8, 4) is 0 Å². The molecule has 1 aliphatic rings. The lowest BCUT2D eigenvalue weighted by Gasteiger charge is -2.35. The van der Waals surface area contributed by atoms with Crippen LogP contribution in [0.3, 0.4) is 0 Å². The zero-order valence-corrected chi connectivity index (χ0v) is 13.1. The Morgan fingerprint density at radius 3 is 2.81 bits per heavy atom. The van der Waals surface area contributed by atoms with Gasteiger partial charge in [-0.15, -0.1) is 11.3 Å². The number of aromatic nitrogens is 2. The number of hydrogen-bond acceptors (Lipinski definition) is 4. The molecule has 2 aromatic heterocycles. The molecule has 112 valence electrons. The minimum absolute atomic E-state index is 0.00637. The van der Waals surface area contributed by atoms with Crippen LogP contribution in [0, 0.1) is 11.8 Å². The van der Waals surface area contributed by atoms with E-state index in [2.05, 4.69) is 18.8 Å².